The lowest BCUT2D eigenvalue weighted by molar-refractivity contribution is -0.0779. The zero-order valence-corrected chi connectivity index (χ0v) is 10.9. The van der Waals surface area contributed by atoms with Crippen molar-refractivity contribution in [3.63, 3.8) is 0 Å². The van der Waals surface area contributed by atoms with Crippen LogP contribution >= 0.6 is 11.8 Å². The van der Waals surface area contributed by atoms with Crippen LogP contribution in [0, 0.1) is 0 Å². The van der Waals surface area contributed by atoms with Gasteiger partial charge in [-0.3, -0.25) is 5.43 Å². The Balaban J connectivity index is 1.97. The van der Waals surface area contributed by atoms with E-state index in [0.29, 0.717) is 5.04 Å². The SMILES string of the molecule is OC[C@H](O)[C@H](O)[C@H](O)[C@@H]1NN=C(c2ccccc2)S1. The third-order valence-corrected chi connectivity index (χ3v) is 3.98. The lowest BCUT2D eigenvalue weighted by Gasteiger charge is -2.25. The van der Waals surface area contributed by atoms with Gasteiger partial charge in [-0.05, 0) is 0 Å². The monoisotopic (exact) mass is 284 g/mol. The van der Waals surface area contributed by atoms with Gasteiger partial charge in [0.2, 0.25) is 0 Å². The van der Waals surface area contributed by atoms with Gasteiger partial charge in [0.1, 0.15) is 28.7 Å². The fourth-order valence-electron chi connectivity index (χ4n) is 1.67. The Morgan fingerprint density at radius 1 is 1.21 bits per heavy atom. The van der Waals surface area contributed by atoms with Crippen LogP contribution in [-0.4, -0.2) is 55.8 Å². The number of nitrogens with one attached hydrogen (secondary N) is 1. The van der Waals surface area contributed by atoms with Gasteiger partial charge in [-0.1, -0.05) is 42.1 Å². The molecule has 1 aliphatic heterocycles. The van der Waals surface area contributed by atoms with Gasteiger partial charge in [0.25, 0.3) is 0 Å². The van der Waals surface area contributed by atoms with Crippen molar-refractivity contribution in [2.45, 2.75) is 23.7 Å². The lowest BCUT2D eigenvalue weighted by Crippen LogP contribution is -2.47. The summed E-state index contributed by atoms with van der Waals surface area (Å²) in [6, 6.07) is 9.44. The first-order valence-corrected chi connectivity index (χ1v) is 6.72. The number of hydrazone groups is 1. The molecule has 6 nitrogen and oxygen atoms in total. The van der Waals surface area contributed by atoms with Crippen molar-refractivity contribution >= 4 is 16.8 Å². The maximum Gasteiger partial charge on any atom is 0.125 e. The third-order valence-electron chi connectivity index (χ3n) is 2.79. The van der Waals surface area contributed by atoms with E-state index in [1.54, 1.807) is 0 Å². The van der Waals surface area contributed by atoms with Gasteiger partial charge in [0.05, 0.1) is 6.61 Å². The summed E-state index contributed by atoms with van der Waals surface area (Å²) in [5, 5.41) is 41.8. The average Bonchev–Trinajstić information content (AvgIpc) is 2.95. The third kappa shape index (κ3) is 3.26. The molecule has 0 saturated carbocycles. The fraction of sp³-hybridized carbons (Fsp3) is 0.417. The van der Waals surface area contributed by atoms with Crippen molar-refractivity contribution in [1.29, 1.82) is 0 Å². The summed E-state index contributed by atoms with van der Waals surface area (Å²) < 4.78 is 0. The number of rotatable bonds is 5. The van der Waals surface area contributed by atoms with Crippen molar-refractivity contribution in [2.24, 2.45) is 5.10 Å². The maximum atomic E-state index is 9.91. The van der Waals surface area contributed by atoms with Crippen LogP contribution in [0.25, 0.3) is 0 Å². The molecule has 19 heavy (non-hydrogen) atoms. The van der Waals surface area contributed by atoms with Crippen molar-refractivity contribution < 1.29 is 20.4 Å². The predicted molar refractivity (Wildman–Crippen MR) is 72.6 cm³/mol. The van der Waals surface area contributed by atoms with E-state index in [1.165, 1.54) is 11.8 Å². The molecular formula is C12H16N2O4S. The van der Waals surface area contributed by atoms with Crippen LogP contribution in [0.2, 0.25) is 0 Å². The molecule has 7 heteroatoms. The summed E-state index contributed by atoms with van der Waals surface area (Å²) in [4.78, 5) is 0. The number of nitrogens with zero attached hydrogens (tertiary/aromatic N) is 1. The Kier molecular flexibility index (Phi) is 4.78. The van der Waals surface area contributed by atoms with Crippen LogP contribution in [0.15, 0.2) is 35.4 Å². The van der Waals surface area contributed by atoms with Crippen LogP contribution in [0.3, 0.4) is 0 Å². The van der Waals surface area contributed by atoms with Gasteiger partial charge in [0, 0.05) is 5.56 Å². The number of aliphatic hydroxyl groups excluding tert-OH is 4. The molecule has 0 unspecified atom stereocenters. The van der Waals surface area contributed by atoms with Crippen LogP contribution in [0.4, 0.5) is 0 Å². The van der Waals surface area contributed by atoms with Gasteiger partial charge in [-0.2, -0.15) is 5.10 Å². The molecule has 0 radical (unpaired) electrons. The van der Waals surface area contributed by atoms with Crippen LogP contribution in [-0.2, 0) is 0 Å². The van der Waals surface area contributed by atoms with Crippen LogP contribution in [0.1, 0.15) is 5.56 Å². The topological polar surface area (TPSA) is 105 Å². The predicted octanol–water partition coefficient (Wildman–Crippen LogP) is -0.914. The van der Waals surface area contributed by atoms with E-state index in [-0.39, 0.29) is 0 Å². The molecule has 1 heterocycles. The second kappa shape index (κ2) is 6.36. The van der Waals surface area contributed by atoms with E-state index in [4.69, 9.17) is 5.11 Å². The van der Waals surface area contributed by atoms with E-state index in [1.807, 2.05) is 30.3 Å². The Morgan fingerprint density at radius 3 is 2.53 bits per heavy atom. The van der Waals surface area contributed by atoms with Gasteiger partial charge in [0.15, 0.2) is 0 Å². The molecule has 4 atom stereocenters. The summed E-state index contributed by atoms with van der Waals surface area (Å²) in [6.07, 6.45) is -4.05. The summed E-state index contributed by atoms with van der Waals surface area (Å²) in [5.41, 5.74) is 3.62. The standard InChI is InChI=1S/C12H16N2O4S/c15-6-8(16)9(17)10(18)12-14-13-11(19-12)7-4-2-1-3-5-7/h1-5,8-10,12,14-18H,6H2/t8-,9-,10-,12+/m0/s1. The van der Waals surface area contributed by atoms with Crippen molar-refractivity contribution in [2.75, 3.05) is 6.61 Å². The molecular weight excluding hydrogens is 268 g/mol. The quantitative estimate of drug-likeness (QED) is 0.479. The van der Waals surface area contributed by atoms with E-state index in [2.05, 4.69) is 10.5 Å². The second-order valence-electron chi connectivity index (χ2n) is 4.18. The Morgan fingerprint density at radius 2 is 1.89 bits per heavy atom. The molecule has 2 rings (SSSR count). The first-order chi connectivity index (χ1) is 9.13. The fourth-order valence-corrected chi connectivity index (χ4v) is 2.69. The zero-order chi connectivity index (χ0) is 13.8. The Hall–Kier alpha value is -1.12. The maximum absolute atomic E-state index is 9.91. The second-order valence-corrected chi connectivity index (χ2v) is 5.31. The van der Waals surface area contributed by atoms with Crippen molar-refractivity contribution in [3.05, 3.63) is 35.9 Å². The number of thioether (sulfide) groups is 1. The van der Waals surface area contributed by atoms with Gasteiger partial charge >= 0.3 is 0 Å². The minimum atomic E-state index is -1.43. The first-order valence-electron chi connectivity index (χ1n) is 5.84. The minimum Gasteiger partial charge on any atom is -0.394 e. The molecule has 0 aromatic heterocycles. The number of hydrogen-bond donors (Lipinski definition) is 5. The molecule has 0 bridgehead atoms. The summed E-state index contributed by atoms with van der Waals surface area (Å²) in [7, 11) is 0. The highest BCUT2D eigenvalue weighted by Gasteiger charge is 2.35. The Bertz CT molecular complexity index is 443. The highest BCUT2D eigenvalue weighted by Crippen LogP contribution is 2.26. The molecule has 104 valence electrons. The highest BCUT2D eigenvalue weighted by molar-refractivity contribution is 8.15. The number of aliphatic hydroxyl groups is 4. The summed E-state index contributed by atoms with van der Waals surface area (Å²) in [5.74, 6) is 0. The van der Waals surface area contributed by atoms with E-state index < -0.39 is 30.3 Å². The highest BCUT2D eigenvalue weighted by atomic mass is 32.2. The van der Waals surface area contributed by atoms with Gasteiger partial charge in [-0.15, -0.1) is 0 Å². The first kappa shape index (κ1) is 14.3. The minimum absolute atomic E-state index is 0.564. The number of benzene rings is 1. The molecule has 1 aromatic rings. The molecule has 0 amide bonds. The van der Waals surface area contributed by atoms with Crippen molar-refractivity contribution in [1.82, 2.24) is 5.43 Å². The molecule has 5 N–H and O–H groups in total. The van der Waals surface area contributed by atoms with Crippen molar-refractivity contribution in [3.8, 4) is 0 Å². The summed E-state index contributed by atoms with van der Waals surface area (Å²) in [6.45, 7) is -0.609. The molecule has 0 spiro atoms. The molecule has 0 aliphatic carbocycles. The smallest absolute Gasteiger partial charge is 0.125 e. The zero-order valence-electron chi connectivity index (χ0n) is 10.0. The molecule has 1 aromatic carbocycles. The normalized spacial score (nSPS) is 23.4. The van der Waals surface area contributed by atoms with Crippen LogP contribution < -0.4 is 5.43 Å². The van der Waals surface area contributed by atoms with Crippen LogP contribution in [0.5, 0.6) is 0 Å². The molecule has 0 fully saturated rings. The number of hydrogen-bond acceptors (Lipinski definition) is 7. The average molecular weight is 284 g/mol. The lowest BCUT2D eigenvalue weighted by atomic mass is 10.1. The van der Waals surface area contributed by atoms with E-state index in [0.717, 1.165) is 5.56 Å². The van der Waals surface area contributed by atoms with Gasteiger partial charge in [-0.25, -0.2) is 0 Å². The molecule has 0 saturated heterocycles. The molecule has 1 aliphatic rings. The summed E-state index contributed by atoms with van der Waals surface area (Å²) >= 11 is 1.26. The van der Waals surface area contributed by atoms with Gasteiger partial charge < -0.3 is 20.4 Å². The largest absolute Gasteiger partial charge is 0.394 e. The van der Waals surface area contributed by atoms with E-state index >= 15 is 0 Å². The Labute approximate surface area is 114 Å². The van der Waals surface area contributed by atoms with E-state index in [9.17, 15) is 15.3 Å².